The monoisotopic (exact) mass is 446 g/mol. The van der Waals surface area contributed by atoms with Crippen molar-refractivity contribution in [2.45, 2.75) is 26.3 Å². The van der Waals surface area contributed by atoms with Crippen LogP contribution < -0.4 is 26.2 Å². The molecule has 2 heterocycles. The van der Waals surface area contributed by atoms with Crippen LogP contribution >= 0.6 is 0 Å². The number of anilines is 3. The molecule has 2 aromatic heterocycles. The third-order valence-electron chi connectivity index (χ3n) is 5.19. The Kier molecular flexibility index (Phi) is 6.03. The molecular weight excluding hydrogens is 424 g/mol. The SMILES string of the molecule is CCOc1c(NC(CC(=O)O)c2ccc(Nc3nc(C)cc4ccncc34)cc2)c(=O)c1=O. The molecule has 0 spiro atoms. The Balaban J connectivity index is 1.59. The predicted octanol–water partition coefficient (Wildman–Crippen LogP) is 3.30. The van der Waals surface area contributed by atoms with Crippen LogP contribution in [0.5, 0.6) is 5.75 Å². The minimum absolute atomic E-state index is 0.0123. The van der Waals surface area contributed by atoms with E-state index in [-0.39, 0.29) is 24.5 Å². The Hall–Kier alpha value is -4.27. The van der Waals surface area contributed by atoms with Crippen LogP contribution in [-0.4, -0.2) is 27.7 Å². The van der Waals surface area contributed by atoms with Crippen LogP contribution in [0.2, 0.25) is 0 Å². The first-order valence-electron chi connectivity index (χ1n) is 10.4. The quantitative estimate of drug-likeness (QED) is 0.331. The van der Waals surface area contributed by atoms with Gasteiger partial charge in [-0.25, -0.2) is 4.98 Å². The average molecular weight is 446 g/mol. The molecule has 0 radical (unpaired) electrons. The number of pyridine rings is 2. The second kappa shape index (κ2) is 9.07. The molecule has 0 fully saturated rings. The van der Waals surface area contributed by atoms with Gasteiger partial charge in [-0.05, 0) is 49.1 Å². The van der Waals surface area contributed by atoms with E-state index < -0.39 is 22.9 Å². The summed E-state index contributed by atoms with van der Waals surface area (Å²) in [5.41, 5.74) is 0.843. The zero-order valence-corrected chi connectivity index (χ0v) is 18.1. The van der Waals surface area contributed by atoms with E-state index in [0.29, 0.717) is 11.4 Å². The molecule has 1 unspecified atom stereocenters. The molecule has 33 heavy (non-hydrogen) atoms. The Morgan fingerprint density at radius 2 is 1.91 bits per heavy atom. The van der Waals surface area contributed by atoms with Gasteiger partial charge in [0.25, 0.3) is 10.9 Å². The number of rotatable bonds is 9. The summed E-state index contributed by atoms with van der Waals surface area (Å²) in [5.74, 6) is -0.437. The van der Waals surface area contributed by atoms with Crippen LogP contribution in [0.15, 0.2) is 58.4 Å². The maximum atomic E-state index is 12.0. The first-order chi connectivity index (χ1) is 15.9. The number of carboxylic acids is 1. The molecule has 3 N–H and O–H groups in total. The van der Waals surface area contributed by atoms with E-state index in [1.54, 1.807) is 43.6 Å². The van der Waals surface area contributed by atoms with Crippen LogP contribution in [-0.2, 0) is 4.79 Å². The minimum atomic E-state index is -1.05. The Morgan fingerprint density at radius 3 is 2.61 bits per heavy atom. The van der Waals surface area contributed by atoms with E-state index in [2.05, 4.69) is 20.6 Å². The van der Waals surface area contributed by atoms with E-state index >= 15 is 0 Å². The van der Waals surface area contributed by atoms with Gasteiger partial charge in [0.15, 0.2) is 5.75 Å². The number of benzene rings is 1. The summed E-state index contributed by atoms with van der Waals surface area (Å²) >= 11 is 0. The number of nitrogens with zero attached hydrogens (tertiary/aromatic N) is 2. The topological polar surface area (TPSA) is 131 Å². The average Bonchev–Trinajstić information content (AvgIpc) is 2.80. The van der Waals surface area contributed by atoms with Crippen LogP contribution in [0.1, 0.15) is 30.6 Å². The van der Waals surface area contributed by atoms with Crippen molar-refractivity contribution in [3.8, 4) is 5.75 Å². The van der Waals surface area contributed by atoms with Gasteiger partial charge < -0.3 is 20.5 Å². The van der Waals surface area contributed by atoms with E-state index in [9.17, 15) is 19.5 Å². The number of carbonyl (C=O) groups is 1. The molecule has 0 aliphatic heterocycles. The zero-order valence-electron chi connectivity index (χ0n) is 18.1. The minimum Gasteiger partial charge on any atom is -0.488 e. The number of hydrogen-bond donors (Lipinski definition) is 3. The highest BCUT2D eigenvalue weighted by Gasteiger charge is 2.26. The molecule has 9 nitrogen and oxygen atoms in total. The fraction of sp³-hybridized carbons (Fsp3) is 0.208. The lowest BCUT2D eigenvalue weighted by Crippen LogP contribution is -2.37. The summed E-state index contributed by atoms with van der Waals surface area (Å²) in [6.45, 7) is 3.83. The first kappa shape index (κ1) is 21.9. The van der Waals surface area contributed by atoms with Crippen molar-refractivity contribution < 1.29 is 14.6 Å². The summed E-state index contributed by atoms with van der Waals surface area (Å²) in [6.07, 6.45) is 3.18. The molecule has 2 aromatic carbocycles. The van der Waals surface area contributed by atoms with Crippen molar-refractivity contribution in [3.63, 3.8) is 0 Å². The number of ether oxygens (including phenoxy) is 1. The number of aromatic nitrogens is 2. The second-order valence-corrected chi connectivity index (χ2v) is 7.55. The van der Waals surface area contributed by atoms with E-state index in [1.165, 1.54) is 0 Å². The van der Waals surface area contributed by atoms with Crippen LogP contribution in [0, 0.1) is 6.92 Å². The number of fused-ring (bicyclic) bond motifs is 1. The molecule has 0 amide bonds. The standard InChI is InChI=1S/C24H22N4O5/c1-3-33-23-20(21(31)22(23)32)28-18(11-19(29)30)14-4-6-16(7-5-14)27-24-17-12-25-9-8-15(17)10-13(2)26-24/h4-10,12,18,28H,3,11H2,1-2H3,(H,26,27)(H,29,30). The predicted molar refractivity (Wildman–Crippen MR) is 125 cm³/mol. The van der Waals surface area contributed by atoms with Gasteiger partial charge in [0.2, 0.25) is 0 Å². The molecule has 0 bridgehead atoms. The van der Waals surface area contributed by atoms with Crippen molar-refractivity contribution in [1.82, 2.24) is 9.97 Å². The van der Waals surface area contributed by atoms with Crippen molar-refractivity contribution in [1.29, 1.82) is 0 Å². The lowest BCUT2D eigenvalue weighted by atomic mass is 10.0. The van der Waals surface area contributed by atoms with Gasteiger partial charge in [-0.1, -0.05) is 12.1 Å². The van der Waals surface area contributed by atoms with Gasteiger partial charge in [0, 0.05) is 29.2 Å². The lowest BCUT2D eigenvalue weighted by Gasteiger charge is -2.21. The summed E-state index contributed by atoms with van der Waals surface area (Å²) in [5, 5.41) is 17.4. The van der Waals surface area contributed by atoms with Gasteiger partial charge in [-0.3, -0.25) is 19.4 Å². The Labute approximate surface area is 188 Å². The second-order valence-electron chi connectivity index (χ2n) is 7.55. The molecule has 1 atom stereocenters. The highest BCUT2D eigenvalue weighted by Crippen LogP contribution is 2.29. The van der Waals surface area contributed by atoms with Crippen LogP contribution in [0.3, 0.4) is 0 Å². The van der Waals surface area contributed by atoms with Crippen LogP contribution in [0.4, 0.5) is 17.2 Å². The normalized spacial score (nSPS) is 11.9. The number of carboxylic acid groups (broad SMARTS) is 1. The van der Waals surface area contributed by atoms with Crippen molar-refractivity contribution >= 4 is 33.9 Å². The van der Waals surface area contributed by atoms with Gasteiger partial charge in [0.05, 0.1) is 19.1 Å². The smallest absolute Gasteiger partial charge is 0.305 e. The highest BCUT2D eigenvalue weighted by atomic mass is 16.5. The van der Waals surface area contributed by atoms with Crippen molar-refractivity contribution in [2.24, 2.45) is 0 Å². The summed E-state index contributed by atoms with van der Waals surface area (Å²) in [6, 6.07) is 10.3. The summed E-state index contributed by atoms with van der Waals surface area (Å²) < 4.78 is 5.22. The molecule has 0 saturated carbocycles. The van der Waals surface area contributed by atoms with Gasteiger partial charge >= 0.3 is 5.97 Å². The first-order valence-corrected chi connectivity index (χ1v) is 10.4. The van der Waals surface area contributed by atoms with Gasteiger partial charge in [0.1, 0.15) is 11.5 Å². The largest absolute Gasteiger partial charge is 0.488 e. The maximum Gasteiger partial charge on any atom is 0.305 e. The molecule has 9 heteroatoms. The Bertz CT molecular complexity index is 1390. The van der Waals surface area contributed by atoms with E-state index in [0.717, 1.165) is 22.2 Å². The summed E-state index contributed by atoms with van der Waals surface area (Å²) in [7, 11) is 0. The van der Waals surface area contributed by atoms with Crippen molar-refractivity contribution in [2.75, 3.05) is 17.2 Å². The third kappa shape index (κ3) is 4.52. The third-order valence-corrected chi connectivity index (χ3v) is 5.19. The molecule has 4 aromatic rings. The molecule has 0 aliphatic carbocycles. The number of aliphatic carboxylic acids is 1. The zero-order chi connectivity index (χ0) is 23.5. The van der Waals surface area contributed by atoms with E-state index in [4.69, 9.17) is 4.74 Å². The lowest BCUT2D eigenvalue weighted by molar-refractivity contribution is -0.137. The molecule has 168 valence electrons. The van der Waals surface area contributed by atoms with Gasteiger partial charge in [-0.2, -0.15) is 0 Å². The highest BCUT2D eigenvalue weighted by molar-refractivity contribution is 5.92. The van der Waals surface area contributed by atoms with Crippen molar-refractivity contribution in [3.05, 3.63) is 80.5 Å². The Morgan fingerprint density at radius 1 is 1.15 bits per heavy atom. The van der Waals surface area contributed by atoms with Gasteiger partial charge in [-0.15, -0.1) is 0 Å². The number of hydrogen-bond acceptors (Lipinski definition) is 8. The molecule has 4 rings (SSSR count). The fourth-order valence-corrected chi connectivity index (χ4v) is 3.64. The van der Waals surface area contributed by atoms with Crippen LogP contribution in [0.25, 0.3) is 10.8 Å². The number of nitrogens with one attached hydrogen (secondary N) is 2. The molecule has 0 saturated heterocycles. The fourth-order valence-electron chi connectivity index (χ4n) is 3.64. The summed E-state index contributed by atoms with van der Waals surface area (Å²) in [4.78, 5) is 43.9. The maximum absolute atomic E-state index is 12.0. The molecule has 0 aliphatic rings. The molecular formula is C24H22N4O5. The van der Waals surface area contributed by atoms with E-state index in [1.807, 2.05) is 19.1 Å². The number of aryl methyl sites for hydroxylation is 1.